The molecule has 0 aromatic carbocycles. The Balaban J connectivity index is 1.86. The number of aliphatic hydroxyl groups excluding tert-OH is 1. The van der Waals surface area contributed by atoms with E-state index in [2.05, 4.69) is 0 Å². The fraction of sp³-hybridized carbons (Fsp3) is 0.500. The molecule has 0 aliphatic carbocycles. The van der Waals surface area contributed by atoms with Crippen LogP contribution in [0, 0.1) is 18.8 Å². The van der Waals surface area contributed by atoms with Gasteiger partial charge in [-0.3, -0.25) is 4.79 Å². The van der Waals surface area contributed by atoms with Crippen molar-refractivity contribution in [2.75, 3.05) is 12.3 Å². The number of carboxylic acids is 1. The van der Waals surface area contributed by atoms with Gasteiger partial charge in [0.1, 0.15) is 5.69 Å². The molecule has 2 aromatic rings. The third-order valence-corrected chi connectivity index (χ3v) is 8.76. The number of primary amides is 1. The molecule has 32 heavy (non-hydrogen) atoms. The van der Waals surface area contributed by atoms with Crippen LogP contribution >= 0.6 is 23.1 Å². The quantitative estimate of drug-likeness (QED) is 0.205. The number of amides is 2. The minimum Gasteiger partial charge on any atom is -0.543 e. The highest BCUT2D eigenvalue weighted by Crippen LogP contribution is 2.51. The smallest absolute Gasteiger partial charge is 0.411 e. The number of carbonyl (C=O) groups excluding carboxylic acids is 3. The molecule has 10 nitrogen and oxygen atoms in total. The number of imidazole rings is 1. The zero-order valence-electron chi connectivity index (χ0n) is 17.9. The van der Waals surface area contributed by atoms with Crippen LogP contribution in [-0.2, 0) is 9.59 Å². The molecule has 0 spiro atoms. The Hall–Kier alpha value is -2.41. The topological polar surface area (TPSA) is 159 Å². The van der Waals surface area contributed by atoms with Gasteiger partial charge in [-0.1, -0.05) is 30.0 Å². The van der Waals surface area contributed by atoms with Crippen molar-refractivity contribution in [3.8, 4) is 0 Å². The largest absolute Gasteiger partial charge is 0.543 e. The van der Waals surface area contributed by atoms with Crippen LogP contribution in [0.1, 0.15) is 30.8 Å². The summed E-state index contributed by atoms with van der Waals surface area (Å²) in [6.45, 7) is 5.75. The van der Waals surface area contributed by atoms with Crippen LogP contribution in [0.15, 0.2) is 17.1 Å². The summed E-state index contributed by atoms with van der Waals surface area (Å²) in [5.74, 6) is -2.09. The molecule has 1 fully saturated rings. The molecule has 172 valence electrons. The lowest BCUT2D eigenvalue weighted by Gasteiger charge is -2.47. The second-order valence-electron chi connectivity index (χ2n) is 8.11. The van der Waals surface area contributed by atoms with E-state index in [1.165, 1.54) is 39.5 Å². The Morgan fingerprint density at radius 2 is 2.12 bits per heavy atom. The van der Waals surface area contributed by atoms with Crippen LogP contribution in [0.4, 0.5) is 4.79 Å². The number of thioether (sulfide) groups is 1. The number of hydrogen-bond donors (Lipinski definition) is 3. The first-order valence-electron chi connectivity index (χ1n) is 10.3. The molecule has 2 aliphatic rings. The molecule has 0 saturated carbocycles. The molecule has 12 heteroatoms. The van der Waals surface area contributed by atoms with Crippen molar-refractivity contribution in [3.05, 3.63) is 22.6 Å². The van der Waals surface area contributed by atoms with E-state index in [0.717, 1.165) is 16.9 Å². The van der Waals surface area contributed by atoms with E-state index in [9.17, 15) is 24.6 Å². The lowest BCUT2D eigenvalue weighted by atomic mass is 9.77. The Morgan fingerprint density at radius 3 is 2.69 bits per heavy atom. The fourth-order valence-electron chi connectivity index (χ4n) is 4.68. The minimum atomic E-state index is -1.42. The number of carboxylic acid groups (broad SMARTS) is 1. The van der Waals surface area contributed by atoms with E-state index < -0.39 is 36.0 Å². The molecule has 5 N–H and O–H groups in total. The van der Waals surface area contributed by atoms with E-state index in [1.807, 2.05) is 18.2 Å². The summed E-state index contributed by atoms with van der Waals surface area (Å²) in [4.78, 5) is 39.4. The van der Waals surface area contributed by atoms with Crippen LogP contribution < -0.4 is 21.0 Å². The summed E-state index contributed by atoms with van der Waals surface area (Å²) in [5.41, 5.74) is 12.3. The number of aliphatic carboxylic acids is 1. The second kappa shape index (κ2) is 8.18. The Morgan fingerprint density at radius 1 is 1.44 bits per heavy atom. The van der Waals surface area contributed by atoms with Gasteiger partial charge in [0, 0.05) is 17.2 Å². The molecule has 2 aromatic heterocycles. The number of thiazole rings is 1. The maximum absolute atomic E-state index is 12.6. The van der Waals surface area contributed by atoms with Gasteiger partial charge in [0.15, 0.2) is 0 Å². The lowest BCUT2D eigenvalue weighted by molar-refractivity contribution is -0.515. The van der Waals surface area contributed by atoms with Gasteiger partial charge in [0.2, 0.25) is 15.8 Å². The molecule has 0 radical (unpaired) electrons. The van der Waals surface area contributed by atoms with Gasteiger partial charge in [-0.05, 0) is 26.8 Å². The Labute approximate surface area is 192 Å². The first-order chi connectivity index (χ1) is 15.1. The number of hydrogen-bond acceptors (Lipinski definition) is 8. The Bertz CT molecular complexity index is 1170. The molecular formula is C20H25N5O5S2. The summed E-state index contributed by atoms with van der Waals surface area (Å²) in [6, 6.07) is -1.05. The highest BCUT2D eigenvalue weighted by Gasteiger charge is 2.59. The monoisotopic (exact) mass is 479 g/mol. The average Bonchev–Trinajstić information content (AvgIpc) is 3.30. The third-order valence-electron chi connectivity index (χ3n) is 6.17. The minimum absolute atomic E-state index is 0.142. The molecule has 2 aliphatic heterocycles. The zero-order valence-corrected chi connectivity index (χ0v) is 19.5. The van der Waals surface area contributed by atoms with Crippen molar-refractivity contribution in [1.29, 1.82) is 0 Å². The number of carbonyl (C=O) groups is 3. The third kappa shape index (κ3) is 3.16. The SMILES string of the molecule is Cc1c(C2=C(C(=O)[O-])N3C(=O)[C@H]([C@@H](C)O)[C@H]3[C@H]2C)sc2c(SCCCN)n(C(N)=O)c[n+]12. The molecular weight excluding hydrogens is 454 g/mol. The average molecular weight is 480 g/mol. The van der Waals surface area contributed by atoms with Crippen molar-refractivity contribution < 1.29 is 29.0 Å². The maximum Gasteiger partial charge on any atom is 0.411 e. The van der Waals surface area contributed by atoms with Gasteiger partial charge < -0.3 is 31.4 Å². The van der Waals surface area contributed by atoms with Crippen LogP contribution in [0.3, 0.4) is 0 Å². The molecule has 0 unspecified atom stereocenters. The van der Waals surface area contributed by atoms with Gasteiger partial charge in [-0.25, -0.2) is 4.79 Å². The number of nitrogens with two attached hydrogens (primary N) is 2. The molecule has 4 rings (SSSR count). The van der Waals surface area contributed by atoms with E-state index in [1.54, 1.807) is 6.33 Å². The van der Waals surface area contributed by atoms with Gasteiger partial charge in [-0.15, -0.1) is 4.57 Å². The van der Waals surface area contributed by atoms with Crippen LogP contribution in [0.5, 0.6) is 0 Å². The highest BCUT2D eigenvalue weighted by molar-refractivity contribution is 7.99. The summed E-state index contributed by atoms with van der Waals surface area (Å²) in [7, 11) is 0. The van der Waals surface area contributed by atoms with Gasteiger partial charge in [0.25, 0.3) is 6.33 Å². The lowest BCUT2D eigenvalue weighted by Crippen LogP contribution is -2.64. The van der Waals surface area contributed by atoms with Gasteiger partial charge in [-0.2, -0.15) is 4.40 Å². The summed E-state index contributed by atoms with van der Waals surface area (Å²) < 4.78 is 3.18. The summed E-state index contributed by atoms with van der Waals surface area (Å²) in [6.07, 6.45) is 1.47. The van der Waals surface area contributed by atoms with Crippen molar-refractivity contribution in [2.24, 2.45) is 23.3 Å². The van der Waals surface area contributed by atoms with Crippen molar-refractivity contribution in [3.63, 3.8) is 0 Å². The first-order valence-corrected chi connectivity index (χ1v) is 12.1. The van der Waals surface area contributed by atoms with Crippen LogP contribution in [0.25, 0.3) is 10.4 Å². The van der Waals surface area contributed by atoms with E-state index in [0.29, 0.717) is 27.8 Å². The summed E-state index contributed by atoms with van der Waals surface area (Å²) >= 11 is 2.80. The van der Waals surface area contributed by atoms with Gasteiger partial charge >= 0.3 is 6.03 Å². The molecule has 0 bridgehead atoms. The second-order valence-corrected chi connectivity index (χ2v) is 10.2. The predicted molar refractivity (Wildman–Crippen MR) is 116 cm³/mol. The van der Waals surface area contributed by atoms with Crippen molar-refractivity contribution in [2.45, 2.75) is 44.4 Å². The highest BCUT2D eigenvalue weighted by atomic mass is 32.2. The predicted octanol–water partition coefficient (Wildman–Crippen LogP) is -0.717. The fourth-order valence-corrected chi connectivity index (χ4v) is 7.29. The van der Waals surface area contributed by atoms with Crippen LogP contribution in [-0.4, -0.2) is 56.9 Å². The summed E-state index contributed by atoms with van der Waals surface area (Å²) in [5, 5.41) is 22.8. The normalized spacial score (nSPS) is 23.6. The van der Waals surface area contributed by atoms with Crippen LogP contribution in [0.2, 0.25) is 0 Å². The molecule has 4 heterocycles. The zero-order chi connectivity index (χ0) is 23.5. The van der Waals surface area contributed by atoms with Crippen molar-refractivity contribution in [1.82, 2.24) is 9.47 Å². The standard InChI is InChI=1S/C20H25N5O5S2/c1-8-11(14(19(28)29)25-13(8)12(10(3)26)16(25)27)15-9(2)23-7-24(20(22)30)17(18(23)32-15)31-6-4-5-21/h7-8,10,12-13,26H,4-6,21H2,1-3H3,(H2-,22,28,29,30)/t8-,10+,12+,13+/m0/s1. The molecule has 1 saturated heterocycles. The van der Waals surface area contributed by atoms with Crippen molar-refractivity contribution >= 4 is 51.4 Å². The molecule has 4 atom stereocenters. The first kappa shape index (κ1) is 22.8. The number of aromatic nitrogens is 2. The number of aliphatic hydroxyl groups is 1. The number of rotatable bonds is 7. The van der Waals surface area contributed by atoms with E-state index in [-0.39, 0.29) is 11.6 Å². The van der Waals surface area contributed by atoms with E-state index >= 15 is 0 Å². The molecule has 2 amide bonds. The number of aryl methyl sites for hydroxylation is 1. The Kier molecular flexibility index (Phi) is 5.82. The number of nitrogens with zero attached hydrogens (tertiary/aromatic N) is 3. The maximum atomic E-state index is 12.6. The van der Waals surface area contributed by atoms with E-state index in [4.69, 9.17) is 11.5 Å². The number of β-lactam (4-membered cyclic amide) rings is 1. The number of fused-ring (bicyclic) bond motifs is 2. The van der Waals surface area contributed by atoms with Gasteiger partial charge in [0.05, 0.1) is 34.6 Å².